The van der Waals surface area contributed by atoms with Crippen LogP contribution in [0.25, 0.3) is 11.4 Å². The maximum absolute atomic E-state index is 12.6. The van der Waals surface area contributed by atoms with Gasteiger partial charge in [0.1, 0.15) is 17.5 Å². The molecule has 2 aromatic carbocycles. The van der Waals surface area contributed by atoms with Gasteiger partial charge in [-0.25, -0.2) is 10.9 Å². The highest BCUT2D eigenvalue weighted by Gasteiger charge is 2.30. The number of benzene rings is 2. The van der Waals surface area contributed by atoms with Crippen molar-refractivity contribution in [2.45, 2.75) is 18.5 Å². The number of nitrogens with one attached hydrogen (secondary N) is 4. The van der Waals surface area contributed by atoms with Crippen LogP contribution in [0.4, 0.5) is 5.95 Å². The van der Waals surface area contributed by atoms with Crippen molar-refractivity contribution in [3.63, 3.8) is 0 Å². The smallest absolute Gasteiger partial charge is 0.249 e. The monoisotopic (exact) mass is 472 g/mol. The Morgan fingerprint density at radius 2 is 1.93 bits per heavy atom. The Hall–Kier alpha value is -2.95. The van der Waals surface area contributed by atoms with Crippen LogP contribution in [0.5, 0.6) is 11.5 Å². The fraction of sp³-hybridized carbons (Fsp3) is 0.250. The fourth-order valence-corrected chi connectivity index (χ4v) is 3.54. The number of aromatic amines is 1. The first-order valence-corrected chi connectivity index (χ1v) is 10.1. The van der Waals surface area contributed by atoms with Gasteiger partial charge in [-0.05, 0) is 36.2 Å². The molecule has 1 aliphatic rings. The molecule has 0 spiro atoms. The summed E-state index contributed by atoms with van der Waals surface area (Å²) in [5, 5.41) is 9.68. The Labute approximate surface area is 181 Å². The number of hydrazine groups is 1. The average molecular weight is 473 g/mol. The highest BCUT2D eigenvalue weighted by molar-refractivity contribution is 9.10. The van der Waals surface area contributed by atoms with E-state index >= 15 is 0 Å². The molecule has 1 aromatic heterocycles. The average Bonchev–Trinajstić information content (AvgIpc) is 3.44. The largest absolute Gasteiger partial charge is 0.497 e. The summed E-state index contributed by atoms with van der Waals surface area (Å²) >= 11 is 3.43. The minimum absolute atomic E-state index is 0.0418. The third-order valence-corrected chi connectivity index (χ3v) is 5.40. The number of halogens is 1. The molecular weight excluding hydrogens is 452 g/mol. The van der Waals surface area contributed by atoms with Crippen molar-refractivity contribution in [1.82, 2.24) is 26.0 Å². The first kappa shape index (κ1) is 20.3. The third-order valence-electron chi connectivity index (χ3n) is 4.88. The summed E-state index contributed by atoms with van der Waals surface area (Å²) in [5.41, 5.74) is 8.01. The molecule has 0 saturated carbocycles. The maximum Gasteiger partial charge on any atom is 0.249 e. The summed E-state index contributed by atoms with van der Waals surface area (Å²) in [4.78, 5) is 17.0. The topological polar surface area (TPSA) is 113 Å². The van der Waals surface area contributed by atoms with E-state index < -0.39 is 6.04 Å². The number of methoxy groups -OCH3 is 2. The standard InChI is InChI=1S/C20H21BrN6O3/c1-29-13-7-8-14(17(9-13)30-2)18-22-20(27-26-18)23-19(28)16-10-15(24-25-16)11-3-5-12(21)6-4-11/h3-9,15-16,24-25H,10H2,1-2H3,(H2,22,23,26,27,28). The molecule has 0 aliphatic carbocycles. The normalized spacial score (nSPS) is 18.2. The number of nitrogens with zero attached hydrogens (tertiary/aromatic N) is 2. The molecule has 156 valence electrons. The number of amides is 1. The minimum Gasteiger partial charge on any atom is -0.497 e. The Morgan fingerprint density at radius 1 is 1.13 bits per heavy atom. The van der Waals surface area contributed by atoms with Crippen LogP contribution in [0.1, 0.15) is 18.0 Å². The molecule has 1 amide bonds. The number of hydrogen-bond donors (Lipinski definition) is 4. The first-order chi connectivity index (χ1) is 14.6. The second-order valence-electron chi connectivity index (χ2n) is 6.74. The van der Waals surface area contributed by atoms with E-state index in [2.05, 4.69) is 47.3 Å². The lowest BCUT2D eigenvalue weighted by molar-refractivity contribution is -0.117. The van der Waals surface area contributed by atoms with Gasteiger partial charge in [0.15, 0.2) is 5.82 Å². The Balaban J connectivity index is 1.42. The molecule has 3 aromatic rings. The molecule has 0 bridgehead atoms. The molecule has 1 aliphatic heterocycles. The van der Waals surface area contributed by atoms with Gasteiger partial charge >= 0.3 is 0 Å². The van der Waals surface area contributed by atoms with E-state index in [-0.39, 0.29) is 17.9 Å². The van der Waals surface area contributed by atoms with Gasteiger partial charge in [-0.15, -0.1) is 5.10 Å². The van der Waals surface area contributed by atoms with Crippen LogP contribution in [0, 0.1) is 0 Å². The Morgan fingerprint density at radius 3 is 2.67 bits per heavy atom. The summed E-state index contributed by atoms with van der Waals surface area (Å²) in [6.45, 7) is 0. The molecule has 2 atom stereocenters. The molecule has 9 nitrogen and oxygen atoms in total. The van der Waals surface area contributed by atoms with Crippen molar-refractivity contribution < 1.29 is 14.3 Å². The maximum atomic E-state index is 12.6. The molecule has 1 saturated heterocycles. The second kappa shape index (κ2) is 8.82. The third kappa shape index (κ3) is 4.30. The van der Waals surface area contributed by atoms with Gasteiger partial charge in [-0.1, -0.05) is 28.1 Å². The zero-order valence-corrected chi connectivity index (χ0v) is 18.0. The molecule has 0 radical (unpaired) electrons. The summed E-state index contributed by atoms with van der Waals surface area (Å²) in [6, 6.07) is 13.0. The van der Waals surface area contributed by atoms with Crippen LogP contribution < -0.4 is 25.6 Å². The molecule has 4 rings (SSSR count). The van der Waals surface area contributed by atoms with E-state index in [4.69, 9.17) is 9.47 Å². The number of carbonyl (C=O) groups is 1. The molecule has 10 heteroatoms. The van der Waals surface area contributed by atoms with Crippen LogP contribution in [0.15, 0.2) is 46.9 Å². The van der Waals surface area contributed by atoms with Gasteiger partial charge in [-0.2, -0.15) is 4.98 Å². The van der Waals surface area contributed by atoms with Crippen LogP contribution in [-0.4, -0.2) is 41.3 Å². The zero-order chi connectivity index (χ0) is 21.1. The molecule has 4 N–H and O–H groups in total. The van der Waals surface area contributed by atoms with Gasteiger partial charge in [0.05, 0.1) is 19.8 Å². The number of carbonyl (C=O) groups excluding carboxylic acids is 1. The van der Waals surface area contributed by atoms with E-state index in [0.717, 1.165) is 10.0 Å². The molecule has 2 unspecified atom stereocenters. The predicted octanol–water partition coefficient (Wildman–Crippen LogP) is 2.80. The second-order valence-corrected chi connectivity index (χ2v) is 7.66. The number of rotatable bonds is 6. The number of H-pyrrole nitrogens is 1. The van der Waals surface area contributed by atoms with Crippen molar-refractivity contribution in [3.8, 4) is 22.9 Å². The van der Waals surface area contributed by atoms with Gasteiger partial charge in [-0.3, -0.25) is 15.2 Å². The number of hydrogen-bond acceptors (Lipinski definition) is 7. The number of aromatic nitrogens is 3. The van der Waals surface area contributed by atoms with Crippen molar-refractivity contribution in [3.05, 3.63) is 52.5 Å². The lowest BCUT2D eigenvalue weighted by Crippen LogP contribution is -2.39. The summed E-state index contributed by atoms with van der Waals surface area (Å²) in [7, 11) is 3.15. The van der Waals surface area contributed by atoms with Crippen LogP contribution in [0.2, 0.25) is 0 Å². The van der Waals surface area contributed by atoms with Gasteiger partial charge in [0.25, 0.3) is 0 Å². The quantitative estimate of drug-likeness (QED) is 0.436. The number of ether oxygens (including phenoxy) is 2. The molecule has 2 heterocycles. The zero-order valence-electron chi connectivity index (χ0n) is 16.4. The minimum atomic E-state index is -0.406. The lowest BCUT2D eigenvalue weighted by Gasteiger charge is -2.09. The predicted molar refractivity (Wildman–Crippen MR) is 115 cm³/mol. The molecule has 1 fully saturated rings. The van der Waals surface area contributed by atoms with Crippen molar-refractivity contribution in [2.24, 2.45) is 0 Å². The van der Waals surface area contributed by atoms with Crippen LogP contribution >= 0.6 is 15.9 Å². The Kier molecular flexibility index (Phi) is 5.98. The van der Waals surface area contributed by atoms with Crippen LogP contribution in [-0.2, 0) is 4.79 Å². The number of anilines is 1. The highest BCUT2D eigenvalue weighted by Crippen LogP contribution is 2.31. The van der Waals surface area contributed by atoms with Crippen molar-refractivity contribution >= 4 is 27.8 Å². The summed E-state index contributed by atoms with van der Waals surface area (Å²) < 4.78 is 11.6. The van der Waals surface area contributed by atoms with Crippen molar-refractivity contribution in [2.75, 3.05) is 19.5 Å². The van der Waals surface area contributed by atoms with E-state index in [1.165, 1.54) is 0 Å². The Bertz CT molecular complexity index is 1040. The van der Waals surface area contributed by atoms with Crippen molar-refractivity contribution in [1.29, 1.82) is 0 Å². The molecular formula is C20H21BrN6O3. The summed E-state index contributed by atoms with van der Waals surface area (Å²) in [5.74, 6) is 1.72. The van der Waals surface area contributed by atoms with Gasteiger partial charge < -0.3 is 9.47 Å². The van der Waals surface area contributed by atoms with E-state index in [1.54, 1.807) is 26.4 Å². The van der Waals surface area contributed by atoms with Gasteiger partial charge in [0.2, 0.25) is 11.9 Å². The summed E-state index contributed by atoms with van der Waals surface area (Å²) in [6.07, 6.45) is 0.608. The molecule has 30 heavy (non-hydrogen) atoms. The van der Waals surface area contributed by atoms with Gasteiger partial charge in [0, 0.05) is 16.6 Å². The van der Waals surface area contributed by atoms with E-state index in [0.29, 0.717) is 29.3 Å². The fourth-order valence-electron chi connectivity index (χ4n) is 3.27. The lowest BCUT2D eigenvalue weighted by atomic mass is 10.0. The highest BCUT2D eigenvalue weighted by atomic mass is 79.9. The van der Waals surface area contributed by atoms with E-state index in [9.17, 15) is 4.79 Å². The van der Waals surface area contributed by atoms with Crippen LogP contribution in [0.3, 0.4) is 0 Å². The first-order valence-electron chi connectivity index (χ1n) is 9.29. The van der Waals surface area contributed by atoms with E-state index in [1.807, 2.05) is 30.3 Å². The SMILES string of the molecule is COc1ccc(-c2nc(NC(=O)C3CC(c4ccc(Br)cc4)NN3)n[nH]2)c(OC)c1.